The summed E-state index contributed by atoms with van der Waals surface area (Å²) in [5.41, 5.74) is 1.03. The van der Waals surface area contributed by atoms with Crippen molar-refractivity contribution in [3.05, 3.63) is 24.3 Å². The minimum absolute atomic E-state index is 0.118. The van der Waals surface area contributed by atoms with Crippen molar-refractivity contribution in [3.63, 3.8) is 0 Å². The fraction of sp³-hybridized carbons (Fsp3) is 0.500. The zero-order chi connectivity index (χ0) is 13.8. The van der Waals surface area contributed by atoms with Gasteiger partial charge in [0, 0.05) is 19.0 Å². The molecule has 0 saturated carbocycles. The molecular weight excluding hydrogens is 244 g/mol. The monoisotopic (exact) mass is 264 g/mol. The lowest BCUT2D eigenvalue weighted by Crippen LogP contribution is -2.42. The van der Waals surface area contributed by atoms with Gasteiger partial charge in [0.15, 0.2) is 0 Å². The van der Waals surface area contributed by atoms with Gasteiger partial charge in [0.2, 0.25) is 0 Å². The van der Waals surface area contributed by atoms with Gasteiger partial charge in [0.25, 0.3) is 0 Å². The lowest BCUT2D eigenvalue weighted by atomic mass is 9.99. The van der Waals surface area contributed by atoms with Crippen LogP contribution in [0.3, 0.4) is 0 Å². The van der Waals surface area contributed by atoms with Crippen LogP contribution in [0.5, 0.6) is 5.75 Å². The van der Waals surface area contributed by atoms with Crippen LogP contribution in [0.1, 0.15) is 6.42 Å². The lowest BCUT2D eigenvalue weighted by molar-refractivity contribution is -0.140. The third-order valence-electron chi connectivity index (χ3n) is 3.70. The molecule has 0 aromatic heterocycles. The van der Waals surface area contributed by atoms with Crippen LogP contribution in [0.4, 0.5) is 5.69 Å². The number of hydrogen-bond acceptors (Lipinski definition) is 4. The molecule has 2 unspecified atom stereocenters. The summed E-state index contributed by atoms with van der Waals surface area (Å²) < 4.78 is 5.35. The Morgan fingerprint density at radius 2 is 2.26 bits per heavy atom. The predicted octanol–water partition coefficient (Wildman–Crippen LogP) is 1.19. The molecule has 1 saturated heterocycles. The normalized spacial score (nSPS) is 20.3. The highest BCUT2D eigenvalue weighted by Gasteiger charge is 2.33. The Hall–Kier alpha value is -1.75. The van der Waals surface area contributed by atoms with Crippen molar-refractivity contribution >= 4 is 11.7 Å². The molecule has 2 atom stereocenters. The Labute approximate surface area is 113 Å². The molecule has 19 heavy (non-hydrogen) atoms. The summed E-state index contributed by atoms with van der Waals surface area (Å²) >= 11 is 0. The maximum atomic E-state index is 11.2. The Morgan fingerprint density at radius 1 is 1.53 bits per heavy atom. The predicted molar refractivity (Wildman–Crippen MR) is 73.8 cm³/mol. The second-order valence-electron chi connectivity index (χ2n) is 4.77. The molecule has 2 rings (SSSR count). The van der Waals surface area contributed by atoms with Crippen molar-refractivity contribution in [1.82, 2.24) is 5.32 Å². The van der Waals surface area contributed by atoms with Gasteiger partial charge in [-0.25, -0.2) is 0 Å². The van der Waals surface area contributed by atoms with Crippen molar-refractivity contribution in [2.45, 2.75) is 12.5 Å². The fourth-order valence-corrected chi connectivity index (χ4v) is 2.73. The van der Waals surface area contributed by atoms with Crippen molar-refractivity contribution in [2.75, 3.05) is 32.1 Å². The van der Waals surface area contributed by atoms with E-state index in [1.807, 2.05) is 24.3 Å². The van der Waals surface area contributed by atoms with Crippen molar-refractivity contribution < 1.29 is 14.6 Å². The van der Waals surface area contributed by atoms with Crippen molar-refractivity contribution in [3.8, 4) is 5.75 Å². The molecule has 1 aliphatic heterocycles. The second kappa shape index (κ2) is 5.93. The summed E-state index contributed by atoms with van der Waals surface area (Å²) in [5, 5.41) is 12.1. The summed E-state index contributed by atoms with van der Waals surface area (Å²) in [6, 6.07) is 7.35. The van der Waals surface area contributed by atoms with Gasteiger partial charge < -0.3 is 20.1 Å². The van der Waals surface area contributed by atoms with Crippen molar-refractivity contribution in [1.29, 1.82) is 0 Å². The summed E-state index contributed by atoms with van der Waals surface area (Å²) in [7, 11) is 3.35. The number of anilines is 1. The molecule has 0 aliphatic carbocycles. The van der Waals surface area contributed by atoms with Gasteiger partial charge in [0.1, 0.15) is 11.8 Å². The number of rotatable bonds is 5. The first-order chi connectivity index (χ1) is 9.17. The minimum atomic E-state index is -0.783. The molecular formula is C14H20N2O3. The smallest absolute Gasteiger partial charge is 0.321 e. The van der Waals surface area contributed by atoms with E-state index < -0.39 is 12.0 Å². The van der Waals surface area contributed by atoms with Gasteiger partial charge in [0.05, 0.1) is 12.8 Å². The van der Waals surface area contributed by atoms with Crippen LogP contribution in [0.25, 0.3) is 0 Å². The number of hydrogen-bond donors (Lipinski definition) is 2. The number of benzene rings is 1. The van der Waals surface area contributed by atoms with Crippen molar-refractivity contribution in [2.24, 2.45) is 5.92 Å². The zero-order valence-electron chi connectivity index (χ0n) is 11.3. The third kappa shape index (κ3) is 2.81. The Morgan fingerprint density at radius 3 is 2.89 bits per heavy atom. The van der Waals surface area contributed by atoms with Gasteiger partial charge in [-0.2, -0.15) is 0 Å². The Kier molecular flexibility index (Phi) is 4.27. The maximum Gasteiger partial charge on any atom is 0.321 e. The highest BCUT2D eigenvalue weighted by molar-refractivity contribution is 5.74. The van der Waals surface area contributed by atoms with E-state index in [9.17, 15) is 9.90 Å². The van der Waals surface area contributed by atoms with Crippen LogP contribution in [-0.4, -0.2) is 44.4 Å². The van der Waals surface area contributed by atoms with E-state index >= 15 is 0 Å². The van der Waals surface area contributed by atoms with E-state index in [1.54, 1.807) is 14.2 Å². The fourth-order valence-electron chi connectivity index (χ4n) is 2.73. The highest BCUT2D eigenvalue weighted by Crippen LogP contribution is 2.32. The van der Waals surface area contributed by atoms with Crippen LogP contribution in [-0.2, 0) is 4.79 Å². The maximum absolute atomic E-state index is 11.2. The first kappa shape index (κ1) is 13.7. The number of ether oxygens (including phenoxy) is 1. The van der Waals surface area contributed by atoms with Crippen LogP contribution in [0, 0.1) is 5.92 Å². The SMILES string of the molecule is CNC(C(=O)O)C1CCN(c2ccccc2OC)C1. The van der Waals surface area contributed by atoms with Gasteiger partial charge in [-0.05, 0) is 25.6 Å². The molecule has 0 amide bonds. The number of likely N-dealkylation sites (N-methyl/N-ethyl adjacent to an activating group) is 1. The summed E-state index contributed by atoms with van der Waals surface area (Å²) in [5.74, 6) is 0.168. The molecule has 104 valence electrons. The minimum Gasteiger partial charge on any atom is -0.495 e. The Bertz CT molecular complexity index is 450. The van der Waals surface area contributed by atoms with Gasteiger partial charge in [-0.3, -0.25) is 4.79 Å². The topological polar surface area (TPSA) is 61.8 Å². The van der Waals surface area contributed by atoms with E-state index in [0.29, 0.717) is 0 Å². The number of carbonyl (C=O) groups is 1. The first-order valence-corrected chi connectivity index (χ1v) is 6.45. The summed E-state index contributed by atoms with van der Waals surface area (Å²) in [4.78, 5) is 13.4. The van der Waals surface area contributed by atoms with Gasteiger partial charge >= 0.3 is 5.97 Å². The van der Waals surface area contributed by atoms with Crippen LogP contribution in [0.2, 0.25) is 0 Å². The molecule has 1 aromatic rings. The standard InChI is InChI=1S/C14H20N2O3/c1-15-13(14(17)18)10-7-8-16(9-10)11-5-3-4-6-12(11)19-2/h3-6,10,13,15H,7-9H2,1-2H3,(H,17,18). The second-order valence-corrected chi connectivity index (χ2v) is 4.77. The number of para-hydroxylation sites is 2. The van der Waals surface area contributed by atoms with E-state index in [0.717, 1.165) is 30.9 Å². The van der Waals surface area contributed by atoms with Gasteiger partial charge in [-0.1, -0.05) is 12.1 Å². The number of carboxylic acids is 1. The average Bonchev–Trinajstić information content (AvgIpc) is 2.88. The molecule has 0 spiro atoms. The lowest BCUT2D eigenvalue weighted by Gasteiger charge is -2.23. The van der Waals surface area contributed by atoms with E-state index in [-0.39, 0.29) is 5.92 Å². The average molecular weight is 264 g/mol. The first-order valence-electron chi connectivity index (χ1n) is 6.45. The molecule has 1 fully saturated rings. The number of nitrogens with one attached hydrogen (secondary N) is 1. The molecule has 2 N–H and O–H groups in total. The Balaban J connectivity index is 2.11. The van der Waals surface area contributed by atoms with Crippen LogP contribution >= 0.6 is 0 Å². The van der Waals surface area contributed by atoms with E-state index in [1.165, 1.54) is 0 Å². The quantitative estimate of drug-likeness (QED) is 0.836. The molecule has 1 aliphatic rings. The largest absolute Gasteiger partial charge is 0.495 e. The summed E-state index contributed by atoms with van der Waals surface area (Å²) in [6.07, 6.45) is 0.871. The number of carboxylic acid groups (broad SMARTS) is 1. The molecule has 5 heteroatoms. The van der Waals surface area contributed by atoms with Gasteiger partial charge in [-0.15, -0.1) is 0 Å². The van der Waals surface area contributed by atoms with E-state index in [4.69, 9.17) is 4.74 Å². The molecule has 1 aromatic carbocycles. The number of aliphatic carboxylic acids is 1. The number of methoxy groups -OCH3 is 1. The molecule has 5 nitrogen and oxygen atoms in total. The molecule has 1 heterocycles. The van der Waals surface area contributed by atoms with E-state index in [2.05, 4.69) is 10.2 Å². The molecule has 0 radical (unpaired) electrons. The van der Waals surface area contributed by atoms with Crippen LogP contribution < -0.4 is 15.0 Å². The zero-order valence-corrected chi connectivity index (χ0v) is 11.3. The van der Waals surface area contributed by atoms with Crippen LogP contribution in [0.15, 0.2) is 24.3 Å². The molecule has 0 bridgehead atoms. The summed E-state index contributed by atoms with van der Waals surface area (Å²) in [6.45, 7) is 1.59. The number of nitrogens with zero attached hydrogens (tertiary/aromatic N) is 1. The highest BCUT2D eigenvalue weighted by atomic mass is 16.5. The third-order valence-corrected chi connectivity index (χ3v) is 3.70.